The van der Waals surface area contributed by atoms with Gasteiger partial charge in [-0.05, 0) is 28.9 Å². The topological polar surface area (TPSA) is 74.4 Å². The molecule has 0 aromatic carbocycles. The number of ether oxygens (including phenoxy) is 2. The Balaban J connectivity index is 2.93. The van der Waals surface area contributed by atoms with Gasteiger partial charge in [0.25, 0.3) is 0 Å². The number of nitrogens with zero attached hydrogens (tertiary/aromatic N) is 1. The molecule has 17 heavy (non-hydrogen) atoms. The van der Waals surface area contributed by atoms with Crippen molar-refractivity contribution in [2.75, 3.05) is 19.5 Å². The molecule has 0 saturated carbocycles. The van der Waals surface area contributed by atoms with E-state index in [2.05, 4.69) is 20.9 Å². The zero-order valence-corrected chi connectivity index (χ0v) is 11.2. The number of aromatic nitrogens is 1. The van der Waals surface area contributed by atoms with Crippen molar-refractivity contribution in [1.29, 1.82) is 0 Å². The van der Waals surface area contributed by atoms with E-state index in [-0.39, 0.29) is 0 Å². The Morgan fingerprint density at radius 3 is 2.94 bits per heavy atom. The average Bonchev–Trinajstić information content (AvgIpc) is 2.31. The molecule has 0 bridgehead atoms. The van der Waals surface area contributed by atoms with Crippen molar-refractivity contribution in [3.05, 3.63) is 22.3 Å². The number of rotatable bonds is 4. The van der Waals surface area contributed by atoms with Gasteiger partial charge >= 0.3 is 5.97 Å². The second-order valence-electron chi connectivity index (χ2n) is 3.04. The molecule has 92 valence electrons. The predicted molar refractivity (Wildman–Crippen MR) is 68.6 cm³/mol. The molecule has 1 heterocycles. The van der Waals surface area contributed by atoms with E-state index in [4.69, 9.17) is 15.2 Å². The molecule has 0 radical (unpaired) electrons. The largest absolute Gasteiger partial charge is 0.480 e. The lowest BCUT2D eigenvalue weighted by molar-refractivity contribution is -0.137. The molecule has 0 aliphatic heterocycles. The van der Waals surface area contributed by atoms with Crippen molar-refractivity contribution < 1.29 is 14.3 Å². The first-order valence-electron chi connectivity index (χ1n) is 4.93. The predicted octanol–water partition coefficient (Wildman–Crippen LogP) is 2.01. The summed E-state index contributed by atoms with van der Waals surface area (Å²) in [7, 11) is 1.50. The quantitative estimate of drug-likeness (QED) is 0.680. The second kappa shape index (κ2) is 6.24. The molecule has 0 unspecified atom stereocenters. The van der Waals surface area contributed by atoms with E-state index in [0.717, 1.165) is 0 Å². The van der Waals surface area contributed by atoms with Gasteiger partial charge in [0, 0.05) is 17.8 Å². The van der Waals surface area contributed by atoms with Gasteiger partial charge in [-0.3, -0.25) is 0 Å². The van der Waals surface area contributed by atoms with Crippen LogP contribution in [0, 0.1) is 0 Å². The maximum absolute atomic E-state index is 11.1. The van der Waals surface area contributed by atoms with E-state index < -0.39 is 5.97 Å². The fourth-order valence-electron chi connectivity index (χ4n) is 1.12. The van der Waals surface area contributed by atoms with E-state index in [0.29, 0.717) is 28.2 Å². The third-order valence-corrected chi connectivity index (χ3v) is 2.70. The molecule has 1 aromatic heterocycles. The summed E-state index contributed by atoms with van der Waals surface area (Å²) in [6.45, 7) is 2.08. The number of halogens is 1. The van der Waals surface area contributed by atoms with Crippen molar-refractivity contribution >= 4 is 33.7 Å². The Morgan fingerprint density at radius 2 is 2.35 bits per heavy atom. The van der Waals surface area contributed by atoms with Crippen LogP contribution in [0.25, 0.3) is 6.08 Å². The molecule has 2 N–H and O–H groups in total. The highest BCUT2D eigenvalue weighted by Gasteiger charge is 2.08. The standard InChI is InChI=1S/C11H13BrN2O3/c1-3-17-8(15)5-4-7-6-14-11(16-2)9(12)10(7)13/h4-6H,3H2,1-2H3,(H2,13,14)/b5-4+. The highest BCUT2D eigenvalue weighted by Crippen LogP contribution is 2.31. The van der Waals surface area contributed by atoms with Crippen molar-refractivity contribution in [2.24, 2.45) is 0 Å². The monoisotopic (exact) mass is 300 g/mol. The van der Waals surface area contributed by atoms with Gasteiger partial charge in [0.1, 0.15) is 4.47 Å². The molecule has 0 amide bonds. The minimum Gasteiger partial charge on any atom is -0.480 e. The number of hydrogen-bond donors (Lipinski definition) is 1. The van der Waals surface area contributed by atoms with Crippen LogP contribution in [0.3, 0.4) is 0 Å². The first kappa shape index (κ1) is 13.5. The molecule has 0 aliphatic rings. The molecule has 0 atom stereocenters. The molecule has 1 rings (SSSR count). The van der Waals surface area contributed by atoms with Crippen LogP contribution in [0.4, 0.5) is 5.69 Å². The van der Waals surface area contributed by atoms with Crippen LogP contribution in [0.15, 0.2) is 16.7 Å². The Bertz CT molecular complexity index is 447. The van der Waals surface area contributed by atoms with Crippen molar-refractivity contribution in [3.63, 3.8) is 0 Å². The zero-order valence-electron chi connectivity index (χ0n) is 9.57. The number of anilines is 1. The number of nitrogen functional groups attached to an aromatic ring is 1. The summed E-state index contributed by atoms with van der Waals surface area (Å²) in [5, 5.41) is 0. The normalized spacial score (nSPS) is 10.5. The third-order valence-electron chi connectivity index (χ3n) is 1.94. The summed E-state index contributed by atoms with van der Waals surface area (Å²) >= 11 is 3.27. The van der Waals surface area contributed by atoms with E-state index >= 15 is 0 Å². The van der Waals surface area contributed by atoms with Crippen LogP contribution in [0.1, 0.15) is 12.5 Å². The summed E-state index contributed by atoms with van der Waals surface area (Å²) in [6, 6.07) is 0. The number of carbonyl (C=O) groups is 1. The van der Waals surface area contributed by atoms with E-state index in [1.54, 1.807) is 13.0 Å². The van der Waals surface area contributed by atoms with Crippen LogP contribution in [-0.4, -0.2) is 24.7 Å². The number of pyridine rings is 1. The summed E-state index contributed by atoms with van der Waals surface area (Å²) in [4.78, 5) is 15.2. The lowest BCUT2D eigenvalue weighted by Gasteiger charge is -2.06. The van der Waals surface area contributed by atoms with Gasteiger partial charge in [-0.1, -0.05) is 0 Å². The smallest absolute Gasteiger partial charge is 0.330 e. The number of hydrogen-bond acceptors (Lipinski definition) is 5. The Kier molecular flexibility index (Phi) is 4.96. The second-order valence-corrected chi connectivity index (χ2v) is 3.83. The molecule has 0 saturated heterocycles. The van der Waals surface area contributed by atoms with Crippen LogP contribution in [0.2, 0.25) is 0 Å². The lowest BCUT2D eigenvalue weighted by atomic mass is 10.2. The third kappa shape index (κ3) is 3.45. The lowest BCUT2D eigenvalue weighted by Crippen LogP contribution is -2.00. The number of methoxy groups -OCH3 is 1. The fraction of sp³-hybridized carbons (Fsp3) is 0.273. The maximum Gasteiger partial charge on any atom is 0.330 e. The highest BCUT2D eigenvalue weighted by molar-refractivity contribution is 9.10. The van der Waals surface area contributed by atoms with E-state index in [9.17, 15) is 4.79 Å². The average molecular weight is 301 g/mol. The van der Waals surface area contributed by atoms with Crippen molar-refractivity contribution in [2.45, 2.75) is 6.92 Å². The van der Waals surface area contributed by atoms with Crippen molar-refractivity contribution in [3.8, 4) is 5.88 Å². The van der Waals surface area contributed by atoms with Crippen LogP contribution in [-0.2, 0) is 9.53 Å². The van der Waals surface area contributed by atoms with Crippen LogP contribution in [0.5, 0.6) is 5.88 Å². The minimum atomic E-state index is -0.418. The molecule has 6 heteroatoms. The summed E-state index contributed by atoms with van der Waals surface area (Å²) in [5.41, 5.74) is 6.92. The Labute approximate surface area is 108 Å². The molecule has 1 aromatic rings. The number of esters is 1. The van der Waals surface area contributed by atoms with Crippen molar-refractivity contribution in [1.82, 2.24) is 4.98 Å². The Hall–Kier alpha value is -1.56. The summed E-state index contributed by atoms with van der Waals surface area (Å²) in [6.07, 6.45) is 4.37. The molecule has 5 nitrogen and oxygen atoms in total. The van der Waals surface area contributed by atoms with Gasteiger partial charge in [-0.25, -0.2) is 9.78 Å². The van der Waals surface area contributed by atoms with Crippen LogP contribution < -0.4 is 10.5 Å². The number of carbonyl (C=O) groups excluding carboxylic acids is 1. The summed E-state index contributed by atoms with van der Waals surface area (Å²) in [5.74, 6) is -0.0189. The molecule has 0 fully saturated rings. The Morgan fingerprint density at radius 1 is 1.65 bits per heavy atom. The first-order chi connectivity index (χ1) is 8.10. The van der Waals surface area contributed by atoms with Gasteiger partial charge in [0.05, 0.1) is 19.4 Å². The van der Waals surface area contributed by atoms with E-state index in [1.165, 1.54) is 19.4 Å². The molecular formula is C11H13BrN2O3. The van der Waals surface area contributed by atoms with Gasteiger partial charge in [0.2, 0.25) is 5.88 Å². The number of nitrogens with two attached hydrogens (primary N) is 1. The van der Waals surface area contributed by atoms with Gasteiger partial charge < -0.3 is 15.2 Å². The van der Waals surface area contributed by atoms with Gasteiger partial charge in [-0.15, -0.1) is 0 Å². The van der Waals surface area contributed by atoms with Gasteiger partial charge in [0.15, 0.2) is 0 Å². The first-order valence-corrected chi connectivity index (χ1v) is 5.72. The van der Waals surface area contributed by atoms with Crippen LogP contribution >= 0.6 is 15.9 Å². The van der Waals surface area contributed by atoms with Gasteiger partial charge in [-0.2, -0.15) is 0 Å². The molecule has 0 spiro atoms. The summed E-state index contributed by atoms with van der Waals surface area (Å²) < 4.78 is 10.3. The maximum atomic E-state index is 11.1. The fourth-order valence-corrected chi connectivity index (χ4v) is 1.61. The molecular weight excluding hydrogens is 288 g/mol. The zero-order chi connectivity index (χ0) is 12.8. The molecule has 0 aliphatic carbocycles. The SMILES string of the molecule is CCOC(=O)/C=C/c1cnc(OC)c(Br)c1N. The minimum absolute atomic E-state index is 0.337. The highest BCUT2D eigenvalue weighted by atomic mass is 79.9. The van der Waals surface area contributed by atoms with E-state index in [1.807, 2.05) is 0 Å².